The lowest BCUT2D eigenvalue weighted by molar-refractivity contribution is -0.124. The minimum absolute atomic E-state index is 0.183. The third kappa shape index (κ3) is 4.15. The molecule has 1 unspecified atom stereocenters. The normalized spacial score (nSPS) is 16.2. The number of carbonyl (C=O) groups excluding carboxylic acids is 2. The van der Waals surface area contributed by atoms with E-state index in [9.17, 15) is 9.59 Å². The molecule has 2 N–H and O–H groups in total. The Morgan fingerprint density at radius 3 is 2.69 bits per heavy atom. The van der Waals surface area contributed by atoms with Crippen LogP contribution in [0.15, 0.2) is 42.5 Å². The molecule has 26 heavy (non-hydrogen) atoms. The van der Waals surface area contributed by atoms with E-state index in [2.05, 4.69) is 10.6 Å². The van der Waals surface area contributed by atoms with Crippen molar-refractivity contribution in [2.45, 2.75) is 18.9 Å². The second kappa shape index (κ2) is 8.21. The van der Waals surface area contributed by atoms with Crippen molar-refractivity contribution in [1.82, 2.24) is 0 Å². The van der Waals surface area contributed by atoms with Gasteiger partial charge in [-0.15, -0.1) is 0 Å². The van der Waals surface area contributed by atoms with Gasteiger partial charge in [-0.2, -0.15) is 0 Å². The van der Waals surface area contributed by atoms with Crippen LogP contribution >= 0.6 is 11.6 Å². The first-order chi connectivity index (χ1) is 12.6. The number of hydrogen-bond donors (Lipinski definition) is 2. The highest BCUT2D eigenvalue weighted by molar-refractivity contribution is 6.34. The fourth-order valence-corrected chi connectivity index (χ4v) is 2.94. The van der Waals surface area contributed by atoms with Gasteiger partial charge in [-0.3, -0.25) is 9.59 Å². The highest BCUT2D eigenvalue weighted by Crippen LogP contribution is 2.29. The van der Waals surface area contributed by atoms with Crippen molar-refractivity contribution >= 4 is 34.8 Å². The van der Waals surface area contributed by atoms with E-state index < -0.39 is 6.10 Å². The number of halogens is 1. The third-order valence-electron chi connectivity index (χ3n) is 4.06. The molecule has 1 aliphatic rings. The monoisotopic (exact) mass is 374 g/mol. The van der Waals surface area contributed by atoms with Gasteiger partial charge < -0.3 is 20.1 Å². The number of benzene rings is 2. The third-order valence-corrected chi connectivity index (χ3v) is 4.39. The predicted molar refractivity (Wildman–Crippen MR) is 100 cm³/mol. The number of rotatable bonds is 5. The van der Waals surface area contributed by atoms with Crippen LogP contribution in [0.1, 0.15) is 23.2 Å². The maximum absolute atomic E-state index is 12.4. The van der Waals surface area contributed by atoms with E-state index in [-0.39, 0.29) is 11.8 Å². The van der Waals surface area contributed by atoms with Crippen molar-refractivity contribution in [2.24, 2.45) is 0 Å². The highest BCUT2D eigenvalue weighted by Gasteiger charge is 2.23. The molecule has 1 fully saturated rings. The van der Waals surface area contributed by atoms with E-state index in [1.807, 2.05) is 0 Å². The quantitative estimate of drug-likeness (QED) is 0.836. The van der Waals surface area contributed by atoms with Gasteiger partial charge in [-0.25, -0.2) is 0 Å². The number of anilines is 2. The van der Waals surface area contributed by atoms with Crippen LogP contribution < -0.4 is 15.4 Å². The molecule has 0 saturated carbocycles. The van der Waals surface area contributed by atoms with E-state index in [0.29, 0.717) is 34.3 Å². The van der Waals surface area contributed by atoms with Gasteiger partial charge in [0.25, 0.3) is 11.8 Å². The van der Waals surface area contributed by atoms with Gasteiger partial charge in [0.15, 0.2) is 0 Å². The molecule has 0 bridgehead atoms. The first-order valence-corrected chi connectivity index (χ1v) is 8.62. The summed E-state index contributed by atoms with van der Waals surface area (Å²) in [5.41, 5.74) is 1.41. The second-order valence-corrected chi connectivity index (χ2v) is 6.25. The summed E-state index contributed by atoms with van der Waals surface area (Å²) in [6, 6.07) is 11.8. The molecular formula is C19H19ClN2O4. The van der Waals surface area contributed by atoms with Gasteiger partial charge in [0.05, 0.1) is 23.4 Å². The lowest BCUT2D eigenvalue weighted by atomic mass is 10.2. The smallest absolute Gasteiger partial charge is 0.257 e. The van der Waals surface area contributed by atoms with Gasteiger partial charge in [0.1, 0.15) is 11.9 Å². The van der Waals surface area contributed by atoms with E-state index in [1.165, 1.54) is 7.11 Å². The Morgan fingerprint density at radius 2 is 2.00 bits per heavy atom. The number of ether oxygens (including phenoxy) is 2. The molecule has 0 spiro atoms. The van der Waals surface area contributed by atoms with E-state index in [1.54, 1.807) is 42.5 Å². The Labute approximate surface area is 156 Å². The molecule has 0 aliphatic carbocycles. The van der Waals surface area contributed by atoms with Crippen LogP contribution in [0.4, 0.5) is 11.4 Å². The Bertz CT molecular complexity index is 819. The Kier molecular flexibility index (Phi) is 5.75. The average Bonchev–Trinajstić information content (AvgIpc) is 3.18. The summed E-state index contributed by atoms with van der Waals surface area (Å²) in [6.45, 7) is 0.606. The number of methoxy groups -OCH3 is 1. The number of carbonyl (C=O) groups is 2. The molecule has 2 amide bonds. The molecule has 1 atom stereocenters. The minimum atomic E-state index is -0.416. The van der Waals surface area contributed by atoms with Gasteiger partial charge in [-0.05, 0) is 37.1 Å². The number of amides is 2. The molecule has 2 aromatic rings. The van der Waals surface area contributed by atoms with Crippen LogP contribution in [0.25, 0.3) is 0 Å². The van der Waals surface area contributed by atoms with E-state index in [4.69, 9.17) is 21.1 Å². The van der Waals surface area contributed by atoms with Gasteiger partial charge >= 0.3 is 0 Å². The fraction of sp³-hybridized carbons (Fsp3) is 0.263. The molecular weight excluding hydrogens is 356 g/mol. The van der Waals surface area contributed by atoms with Crippen molar-refractivity contribution in [2.75, 3.05) is 24.4 Å². The van der Waals surface area contributed by atoms with Crippen LogP contribution in [0.3, 0.4) is 0 Å². The van der Waals surface area contributed by atoms with Crippen molar-refractivity contribution in [3.63, 3.8) is 0 Å². The summed E-state index contributed by atoms with van der Waals surface area (Å²) >= 11 is 6.05. The van der Waals surface area contributed by atoms with Crippen molar-refractivity contribution < 1.29 is 19.1 Å². The van der Waals surface area contributed by atoms with Crippen LogP contribution in [-0.4, -0.2) is 31.6 Å². The van der Waals surface area contributed by atoms with Crippen LogP contribution in [-0.2, 0) is 9.53 Å². The fourth-order valence-electron chi connectivity index (χ4n) is 2.71. The molecule has 0 radical (unpaired) electrons. The Hall–Kier alpha value is -2.57. The maximum atomic E-state index is 12.4. The lowest BCUT2D eigenvalue weighted by Crippen LogP contribution is -2.26. The zero-order valence-corrected chi connectivity index (χ0v) is 15.0. The molecule has 2 aromatic carbocycles. The van der Waals surface area contributed by atoms with Crippen LogP contribution in [0, 0.1) is 0 Å². The topological polar surface area (TPSA) is 76.7 Å². The highest BCUT2D eigenvalue weighted by atomic mass is 35.5. The first kappa shape index (κ1) is 18.2. The predicted octanol–water partition coefficient (Wildman–Crippen LogP) is 3.72. The summed E-state index contributed by atoms with van der Waals surface area (Å²) in [6.07, 6.45) is 1.18. The standard InChI is InChI=1S/C19H19ClN2O4/c1-25-17-11-12(21-19(24)16-7-4-10-26-16)8-9-15(17)22-18(23)13-5-2-3-6-14(13)20/h2-3,5-6,8-9,11,16H,4,7,10H2,1H3,(H,21,24)(H,22,23). The van der Waals surface area contributed by atoms with E-state index in [0.717, 1.165) is 12.8 Å². The largest absolute Gasteiger partial charge is 0.494 e. The summed E-state index contributed by atoms with van der Waals surface area (Å²) in [7, 11) is 1.49. The molecule has 0 aromatic heterocycles. The molecule has 3 rings (SSSR count). The van der Waals surface area contributed by atoms with Crippen molar-refractivity contribution in [1.29, 1.82) is 0 Å². The number of hydrogen-bond acceptors (Lipinski definition) is 4. The number of nitrogens with one attached hydrogen (secondary N) is 2. The minimum Gasteiger partial charge on any atom is -0.494 e. The molecule has 7 heteroatoms. The molecule has 1 heterocycles. The average molecular weight is 375 g/mol. The Morgan fingerprint density at radius 1 is 1.19 bits per heavy atom. The van der Waals surface area contributed by atoms with Gasteiger partial charge in [0, 0.05) is 18.4 Å². The molecule has 6 nitrogen and oxygen atoms in total. The van der Waals surface area contributed by atoms with Crippen LogP contribution in [0.2, 0.25) is 5.02 Å². The summed E-state index contributed by atoms with van der Waals surface area (Å²) < 4.78 is 10.7. The zero-order chi connectivity index (χ0) is 18.5. The molecule has 136 valence electrons. The molecule has 1 saturated heterocycles. The molecule has 1 aliphatic heterocycles. The summed E-state index contributed by atoms with van der Waals surface area (Å²) in [5.74, 6) is -0.0991. The summed E-state index contributed by atoms with van der Waals surface area (Å²) in [4.78, 5) is 24.5. The van der Waals surface area contributed by atoms with Crippen LogP contribution in [0.5, 0.6) is 5.75 Å². The van der Waals surface area contributed by atoms with Crippen molar-refractivity contribution in [3.05, 3.63) is 53.1 Å². The SMILES string of the molecule is COc1cc(NC(=O)C2CCCO2)ccc1NC(=O)c1ccccc1Cl. The maximum Gasteiger partial charge on any atom is 0.257 e. The lowest BCUT2D eigenvalue weighted by Gasteiger charge is -2.14. The second-order valence-electron chi connectivity index (χ2n) is 5.84. The van der Waals surface area contributed by atoms with E-state index >= 15 is 0 Å². The first-order valence-electron chi connectivity index (χ1n) is 8.25. The van der Waals surface area contributed by atoms with Gasteiger partial charge in [-0.1, -0.05) is 23.7 Å². The van der Waals surface area contributed by atoms with Gasteiger partial charge in [0.2, 0.25) is 0 Å². The summed E-state index contributed by atoms with van der Waals surface area (Å²) in [5, 5.41) is 5.94. The van der Waals surface area contributed by atoms with Crippen molar-refractivity contribution in [3.8, 4) is 5.75 Å². The Balaban J connectivity index is 1.73. The zero-order valence-electron chi connectivity index (χ0n) is 14.3.